The van der Waals surface area contributed by atoms with Crippen LogP contribution in [0.4, 0.5) is 0 Å². The number of carbonyl (C=O) groups is 3. The third kappa shape index (κ3) is 10.3. The number of amides is 1. The molecular formula is C9H15NO5. The lowest BCUT2D eigenvalue weighted by molar-refractivity contribution is -0.138. The van der Waals surface area contributed by atoms with Crippen LogP contribution in [0.1, 0.15) is 32.1 Å². The molecule has 6 nitrogen and oxygen atoms in total. The van der Waals surface area contributed by atoms with Crippen molar-refractivity contribution >= 4 is 17.8 Å². The number of hydrogen-bond acceptors (Lipinski definition) is 3. The first-order valence-electron chi connectivity index (χ1n) is 4.72. The molecule has 0 aliphatic carbocycles. The van der Waals surface area contributed by atoms with Gasteiger partial charge in [-0.2, -0.15) is 0 Å². The monoisotopic (exact) mass is 217 g/mol. The Kier molecular flexibility index (Phi) is 6.96. The molecule has 0 rings (SSSR count). The van der Waals surface area contributed by atoms with E-state index in [9.17, 15) is 14.4 Å². The highest BCUT2D eigenvalue weighted by molar-refractivity contribution is 5.76. The number of carboxylic acids is 2. The highest BCUT2D eigenvalue weighted by Gasteiger charge is 2.03. The summed E-state index contributed by atoms with van der Waals surface area (Å²) in [5.41, 5.74) is 0. The molecular weight excluding hydrogens is 202 g/mol. The summed E-state index contributed by atoms with van der Waals surface area (Å²) in [6, 6.07) is 0. The van der Waals surface area contributed by atoms with Gasteiger partial charge in [0.15, 0.2) is 0 Å². The Morgan fingerprint density at radius 3 is 1.93 bits per heavy atom. The molecule has 3 N–H and O–H groups in total. The van der Waals surface area contributed by atoms with Crippen molar-refractivity contribution in [1.29, 1.82) is 0 Å². The Hall–Kier alpha value is -1.59. The minimum atomic E-state index is -0.923. The zero-order chi connectivity index (χ0) is 11.7. The topological polar surface area (TPSA) is 104 Å². The van der Waals surface area contributed by atoms with Gasteiger partial charge in [0.25, 0.3) is 0 Å². The largest absolute Gasteiger partial charge is 0.481 e. The van der Waals surface area contributed by atoms with Gasteiger partial charge in [-0.15, -0.1) is 0 Å². The van der Waals surface area contributed by atoms with E-state index in [4.69, 9.17) is 10.2 Å². The summed E-state index contributed by atoms with van der Waals surface area (Å²) < 4.78 is 0. The number of hydrogen-bond donors (Lipinski definition) is 3. The molecule has 0 spiro atoms. The second kappa shape index (κ2) is 7.78. The predicted molar refractivity (Wildman–Crippen MR) is 51.4 cm³/mol. The molecule has 0 bridgehead atoms. The van der Waals surface area contributed by atoms with Crippen LogP contribution >= 0.6 is 0 Å². The van der Waals surface area contributed by atoms with Crippen LogP contribution < -0.4 is 5.32 Å². The molecule has 0 aromatic carbocycles. The normalized spacial score (nSPS) is 9.60. The molecule has 0 radical (unpaired) electrons. The number of rotatable bonds is 8. The Labute approximate surface area is 87.3 Å². The van der Waals surface area contributed by atoms with Gasteiger partial charge in [0.05, 0.1) is 0 Å². The number of nitrogens with one attached hydrogen (secondary N) is 1. The van der Waals surface area contributed by atoms with E-state index in [0.29, 0.717) is 19.4 Å². The van der Waals surface area contributed by atoms with Gasteiger partial charge in [-0.1, -0.05) is 0 Å². The third-order valence-electron chi connectivity index (χ3n) is 1.68. The van der Waals surface area contributed by atoms with Crippen molar-refractivity contribution in [3.63, 3.8) is 0 Å². The fraction of sp³-hybridized carbons (Fsp3) is 0.667. The van der Waals surface area contributed by atoms with Crippen molar-refractivity contribution in [2.24, 2.45) is 0 Å². The van der Waals surface area contributed by atoms with Crippen LogP contribution in [0.2, 0.25) is 0 Å². The Morgan fingerprint density at radius 1 is 0.867 bits per heavy atom. The van der Waals surface area contributed by atoms with E-state index in [2.05, 4.69) is 5.32 Å². The lowest BCUT2D eigenvalue weighted by Gasteiger charge is -2.02. The third-order valence-corrected chi connectivity index (χ3v) is 1.68. The summed E-state index contributed by atoms with van der Waals surface area (Å²) in [4.78, 5) is 31.2. The van der Waals surface area contributed by atoms with E-state index >= 15 is 0 Å². The summed E-state index contributed by atoms with van der Waals surface area (Å²) in [6.45, 7) is 0.318. The van der Waals surface area contributed by atoms with E-state index in [0.717, 1.165) is 0 Å². The molecule has 0 unspecified atom stereocenters. The molecule has 0 saturated carbocycles. The molecule has 0 fully saturated rings. The Morgan fingerprint density at radius 2 is 1.40 bits per heavy atom. The van der Waals surface area contributed by atoms with E-state index in [1.165, 1.54) is 0 Å². The van der Waals surface area contributed by atoms with E-state index in [1.54, 1.807) is 0 Å². The number of carbonyl (C=O) groups excluding carboxylic acids is 1. The van der Waals surface area contributed by atoms with Crippen molar-refractivity contribution < 1.29 is 24.6 Å². The summed E-state index contributed by atoms with van der Waals surface area (Å²) in [5.74, 6) is -2.05. The minimum absolute atomic E-state index is 0.0232. The zero-order valence-electron chi connectivity index (χ0n) is 8.36. The summed E-state index contributed by atoms with van der Waals surface area (Å²) >= 11 is 0. The maximum absolute atomic E-state index is 11.0. The first-order valence-corrected chi connectivity index (χ1v) is 4.72. The minimum Gasteiger partial charge on any atom is -0.481 e. The molecule has 86 valence electrons. The quantitative estimate of drug-likeness (QED) is 0.504. The average Bonchev–Trinajstić information content (AvgIpc) is 2.11. The lowest BCUT2D eigenvalue weighted by atomic mass is 10.2. The van der Waals surface area contributed by atoms with Crippen LogP contribution in [0.5, 0.6) is 0 Å². The van der Waals surface area contributed by atoms with Crippen molar-refractivity contribution in [1.82, 2.24) is 5.32 Å². The summed E-state index contributed by atoms with van der Waals surface area (Å²) in [5, 5.41) is 19.1. The van der Waals surface area contributed by atoms with Crippen LogP contribution in [0.15, 0.2) is 0 Å². The molecule has 1 amide bonds. The van der Waals surface area contributed by atoms with Crippen LogP contribution in [-0.2, 0) is 14.4 Å². The maximum Gasteiger partial charge on any atom is 0.303 e. The lowest BCUT2D eigenvalue weighted by Crippen LogP contribution is -2.24. The van der Waals surface area contributed by atoms with E-state index < -0.39 is 11.9 Å². The van der Waals surface area contributed by atoms with E-state index in [-0.39, 0.29) is 25.2 Å². The fourth-order valence-corrected chi connectivity index (χ4v) is 0.956. The van der Waals surface area contributed by atoms with Crippen molar-refractivity contribution in [2.45, 2.75) is 32.1 Å². The van der Waals surface area contributed by atoms with Gasteiger partial charge in [0.1, 0.15) is 0 Å². The highest BCUT2D eigenvalue weighted by atomic mass is 16.4. The van der Waals surface area contributed by atoms with Crippen LogP contribution in [-0.4, -0.2) is 34.6 Å². The van der Waals surface area contributed by atoms with Gasteiger partial charge in [-0.25, -0.2) is 0 Å². The maximum atomic E-state index is 11.0. The SMILES string of the molecule is O=C(O)CCCNC(=O)CCCC(=O)O. The van der Waals surface area contributed by atoms with Gasteiger partial charge in [0, 0.05) is 25.8 Å². The summed E-state index contributed by atoms with van der Waals surface area (Å²) in [7, 11) is 0. The summed E-state index contributed by atoms with van der Waals surface area (Å²) in [6.07, 6.45) is 0.859. The highest BCUT2D eigenvalue weighted by Crippen LogP contribution is 1.95. The number of carboxylic acid groups (broad SMARTS) is 2. The van der Waals surface area contributed by atoms with E-state index in [1.807, 2.05) is 0 Å². The average molecular weight is 217 g/mol. The molecule has 0 aliphatic heterocycles. The first-order chi connectivity index (χ1) is 7.02. The molecule has 0 aliphatic rings. The second-order valence-electron chi connectivity index (χ2n) is 3.09. The predicted octanol–water partition coefficient (Wildman–Crippen LogP) is 0.222. The van der Waals surface area contributed by atoms with Gasteiger partial charge in [0.2, 0.25) is 5.91 Å². The number of aliphatic carboxylic acids is 2. The van der Waals surface area contributed by atoms with Crippen molar-refractivity contribution in [2.75, 3.05) is 6.54 Å². The molecule has 6 heteroatoms. The van der Waals surface area contributed by atoms with Gasteiger partial charge in [-0.3, -0.25) is 14.4 Å². The van der Waals surface area contributed by atoms with Crippen LogP contribution in [0.3, 0.4) is 0 Å². The van der Waals surface area contributed by atoms with Gasteiger partial charge in [-0.05, 0) is 12.8 Å². The molecule has 0 aromatic rings. The van der Waals surface area contributed by atoms with Gasteiger partial charge < -0.3 is 15.5 Å². The molecule has 15 heavy (non-hydrogen) atoms. The fourth-order valence-electron chi connectivity index (χ4n) is 0.956. The molecule has 0 heterocycles. The molecule has 0 atom stereocenters. The Bertz CT molecular complexity index is 239. The van der Waals surface area contributed by atoms with Crippen LogP contribution in [0.25, 0.3) is 0 Å². The van der Waals surface area contributed by atoms with Crippen molar-refractivity contribution in [3.05, 3.63) is 0 Å². The van der Waals surface area contributed by atoms with Gasteiger partial charge >= 0.3 is 11.9 Å². The standard InChI is InChI=1S/C9H15NO5/c11-7(3-1-4-8(12)13)10-6-2-5-9(14)15/h1-6H2,(H,10,11)(H,12,13)(H,14,15). The molecule has 0 aromatic heterocycles. The molecule has 0 saturated heterocycles. The Balaban J connectivity index is 3.33. The first kappa shape index (κ1) is 13.4. The smallest absolute Gasteiger partial charge is 0.303 e. The van der Waals surface area contributed by atoms with Crippen molar-refractivity contribution in [3.8, 4) is 0 Å². The second-order valence-corrected chi connectivity index (χ2v) is 3.09. The van der Waals surface area contributed by atoms with Crippen LogP contribution in [0, 0.1) is 0 Å². The zero-order valence-corrected chi connectivity index (χ0v) is 8.36.